The topological polar surface area (TPSA) is 42.8 Å². The molecule has 0 saturated carbocycles. The van der Waals surface area contributed by atoms with E-state index >= 15 is 0 Å². The van der Waals surface area contributed by atoms with E-state index in [1.165, 1.54) is 5.56 Å². The Bertz CT molecular complexity index is 1530. The van der Waals surface area contributed by atoms with Crippen molar-refractivity contribution in [2.75, 3.05) is 4.30 Å². The summed E-state index contributed by atoms with van der Waals surface area (Å²) >= 11 is -2.44. The zero-order valence-corrected chi connectivity index (χ0v) is 24.7. The Morgan fingerprint density at radius 3 is 2.07 bits per heavy atom. The van der Waals surface area contributed by atoms with Crippen LogP contribution in [0.25, 0.3) is 0 Å². The number of anilines is 1. The van der Waals surface area contributed by atoms with Crippen molar-refractivity contribution in [3.05, 3.63) is 167 Å². The van der Waals surface area contributed by atoms with E-state index in [4.69, 9.17) is 12.6 Å². The zero-order chi connectivity index (χ0) is 28.3. The van der Waals surface area contributed by atoms with Crippen LogP contribution < -0.4 is 4.30 Å². The van der Waals surface area contributed by atoms with E-state index in [1.807, 2.05) is 85.1 Å². The molecule has 1 atom stereocenters. The molecule has 1 unspecified atom stereocenters. The molecule has 5 heteroatoms. The van der Waals surface area contributed by atoms with Crippen LogP contribution in [0.4, 0.5) is 11.4 Å². The van der Waals surface area contributed by atoms with E-state index in [0.717, 1.165) is 33.6 Å². The highest BCUT2D eigenvalue weighted by molar-refractivity contribution is 6.49. The van der Waals surface area contributed by atoms with Crippen LogP contribution in [0.2, 0.25) is 0 Å². The summed E-state index contributed by atoms with van der Waals surface area (Å²) in [6.07, 6.45) is 1.60. The Balaban J connectivity index is 1.47. The summed E-state index contributed by atoms with van der Waals surface area (Å²) in [6, 6.07) is 47.4. The van der Waals surface area contributed by atoms with Gasteiger partial charge in [0.2, 0.25) is 0 Å². The molecule has 4 nitrogen and oxygen atoms in total. The van der Waals surface area contributed by atoms with Crippen LogP contribution in [0.5, 0.6) is 0 Å². The summed E-state index contributed by atoms with van der Waals surface area (Å²) in [7, 11) is 0. The third-order valence-corrected chi connectivity index (χ3v) is 8.39. The Hall–Kier alpha value is -3.98. The van der Waals surface area contributed by atoms with Crippen molar-refractivity contribution in [3.63, 3.8) is 0 Å². The normalized spacial score (nSPS) is 12.0. The van der Waals surface area contributed by atoms with Crippen LogP contribution in [0.1, 0.15) is 53.7 Å². The Labute approximate surface area is 248 Å². The first kappa shape index (κ1) is 28.5. The molecule has 0 aromatic heterocycles. The fourth-order valence-electron chi connectivity index (χ4n) is 4.59. The highest BCUT2D eigenvalue weighted by atomic mass is 27.2. The Morgan fingerprint density at radius 2 is 1.34 bits per heavy atom. The lowest BCUT2D eigenvalue weighted by atomic mass is 9.97. The molecule has 0 saturated heterocycles. The van der Waals surface area contributed by atoms with Gasteiger partial charge < -0.3 is 11.9 Å². The van der Waals surface area contributed by atoms with Crippen LogP contribution in [0.3, 0.4) is 0 Å². The van der Waals surface area contributed by atoms with Gasteiger partial charge in [0.1, 0.15) is 0 Å². The smallest absolute Gasteiger partial charge is 0.456 e. The van der Waals surface area contributed by atoms with E-state index in [2.05, 4.69) is 78.8 Å². The van der Waals surface area contributed by atoms with E-state index in [-0.39, 0.29) is 6.10 Å². The number of para-hydroxylation sites is 1. The monoisotopic (exact) mass is 554 g/mol. The van der Waals surface area contributed by atoms with Crippen LogP contribution in [0.15, 0.2) is 145 Å². The van der Waals surface area contributed by atoms with Crippen molar-refractivity contribution in [1.29, 1.82) is 0 Å². The van der Waals surface area contributed by atoms with Gasteiger partial charge in [0.25, 0.3) is 0 Å². The largest absolute Gasteiger partial charge is 0.847 e. The number of hydrogen-bond donors (Lipinski definition) is 1. The predicted octanol–water partition coefficient (Wildman–Crippen LogP) is 8.98. The second-order valence-electron chi connectivity index (χ2n) is 10.2. The van der Waals surface area contributed by atoms with E-state index in [9.17, 15) is 0 Å². The highest BCUT2D eigenvalue weighted by Gasteiger charge is 2.34. The van der Waals surface area contributed by atoms with E-state index in [1.54, 1.807) is 0 Å². The maximum absolute atomic E-state index is 6.94. The molecule has 41 heavy (non-hydrogen) atoms. The van der Waals surface area contributed by atoms with Crippen LogP contribution in [-0.2, 0) is 14.2 Å². The average molecular weight is 555 g/mol. The van der Waals surface area contributed by atoms with Gasteiger partial charge in [0.15, 0.2) is 0 Å². The second-order valence-corrected chi connectivity index (χ2v) is 11.8. The summed E-state index contributed by atoms with van der Waals surface area (Å²) in [5, 5.41) is 0. The van der Waals surface area contributed by atoms with Crippen molar-refractivity contribution in [1.82, 2.24) is 0 Å². The lowest BCUT2D eigenvalue weighted by molar-refractivity contribution is 0.158. The van der Waals surface area contributed by atoms with Gasteiger partial charge >= 0.3 is 15.0 Å². The molecular weight excluding hydrogens is 519 g/mol. The lowest BCUT2D eigenvalue weighted by Crippen LogP contribution is -2.34. The van der Waals surface area contributed by atoms with E-state index in [0.29, 0.717) is 12.5 Å². The standard InChI is InChI=1S/C23H22NO.C7H7O.C6H6N.Al/c1-17(2)19-12-8-13-21(15-19)24-16-20-11-6-7-14-22(20)23(25)18-9-4-3-5-10-18;8-6-7-4-2-1-3-5-7;7-6-4-2-1-3-5-6;/h3-17,23H,1-2H3;1-5H,6H2;1-5,7H;/q3*-1;+3. The summed E-state index contributed by atoms with van der Waals surface area (Å²) in [4.78, 5) is 4.86. The zero-order valence-electron chi connectivity index (χ0n) is 23.6. The van der Waals surface area contributed by atoms with Gasteiger partial charge in [-0.15, -0.1) is 0 Å². The first-order valence-corrected chi connectivity index (χ1v) is 15.6. The van der Waals surface area contributed by atoms with Gasteiger partial charge in [-0.3, -0.25) is 4.99 Å². The van der Waals surface area contributed by atoms with Crippen molar-refractivity contribution >= 4 is 32.6 Å². The molecule has 204 valence electrons. The fraction of sp³-hybridized carbons (Fsp3) is 0.139. The summed E-state index contributed by atoms with van der Waals surface area (Å²) in [6.45, 7) is 4.86. The maximum Gasteiger partial charge on any atom is 0.847 e. The Morgan fingerprint density at radius 1 is 0.707 bits per heavy atom. The molecule has 0 radical (unpaired) electrons. The highest BCUT2D eigenvalue weighted by Crippen LogP contribution is 2.30. The molecule has 1 N–H and O–H groups in total. The predicted molar refractivity (Wildman–Crippen MR) is 171 cm³/mol. The third kappa shape index (κ3) is 8.27. The summed E-state index contributed by atoms with van der Waals surface area (Å²) in [5.74, 6) is 0.447. The maximum atomic E-state index is 6.94. The Kier molecular flexibility index (Phi) is 10.2. The molecule has 5 rings (SSSR count). The van der Waals surface area contributed by atoms with Crippen LogP contribution >= 0.6 is 0 Å². The molecule has 0 heterocycles. The molecule has 5 aromatic carbocycles. The van der Waals surface area contributed by atoms with Gasteiger partial charge in [-0.05, 0) is 58.0 Å². The minimum Gasteiger partial charge on any atom is -0.456 e. The van der Waals surface area contributed by atoms with Crippen LogP contribution in [0, 0.1) is 0 Å². The molecule has 0 aliphatic rings. The van der Waals surface area contributed by atoms with Crippen LogP contribution in [-0.4, -0.2) is 21.3 Å². The molecule has 0 amide bonds. The quantitative estimate of drug-likeness (QED) is 0.124. The van der Waals surface area contributed by atoms with Gasteiger partial charge in [0, 0.05) is 18.5 Å². The van der Waals surface area contributed by atoms with E-state index < -0.39 is 15.0 Å². The van der Waals surface area contributed by atoms with Crippen molar-refractivity contribution in [2.24, 2.45) is 4.99 Å². The van der Waals surface area contributed by atoms with Gasteiger partial charge in [-0.25, -0.2) is 0 Å². The van der Waals surface area contributed by atoms with Gasteiger partial charge in [-0.1, -0.05) is 129 Å². The third-order valence-electron chi connectivity index (χ3n) is 6.83. The van der Waals surface area contributed by atoms with Gasteiger partial charge in [0.05, 0.1) is 11.8 Å². The fourth-order valence-corrected chi connectivity index (χ4v) is 6.18. The number of nitrogens with one attached hydrogen (secondary N) is 1. The number of hydrogen-bond acceptors (Lipinski definition) is 4. The number of nitrogens with zero attached hydrogens (tertiary/aromatic N) is 1. The number of aliphatic imine (C=N–C) groups is 1. The first-order valence-electron chi connectivity index (χ1n) is 14.1. The average Bonchev–Trinajstić information content (AvgIpc) is 3.03. The van der Waals surface area contributed by atoms with Crippen molar-refractivity contribution in [3.8, 4) is 0 Å². The minimum absolute atomic E-state index is 0.343. The molecule has 0 fully saturated rings. The minimum atomic E-state index is -2.44. The first-order chi connectivity index (χ1) is 20.2. The van der Waals surface area contributed by atoms with Crippen molar-refractivity contribution < 1.29 is 7.58 Å². The summed E-state index contributed by atoms with van der Waals surface area (Å²) < 4.78 is 17.0. The summed E-state index contributed by atoms with van der Waals surface area (Å²) in [5.41, 5.74) is 7.40. The molecule has 0 aliphatic carbocycles. The lowest BCUT2D eigenvalue weighted by Gasteiger charge is -2.25. The second kappa shape index (κ2) is 14.6. The molecule has 5 aromatic rings. The molecular formula is C36H35AlN2O2. The SMILES string of the molecule is CC(C)c1cccc(N=Cc2ccccc2C([O][Al]([NH]c2ccccc2)[O]Cc2ccccc2)c2ccccc2)c1. The molecule has 0 bridgehead atoms. The van der Waals surface area contributed by atoms with Gasteiger partial charge in [-0.2, -0.15) is 0 Å². The molecule has 0 aliphatic heterocycles. The number of rotatable bonds is 12. The number of benzene rings is 5. The molecule has 0 spiro atoms. The van der Waals surface area contributed by atoms with Crippen molar-refractivity contribution in [2.45, 2.75) is 32.5 Å².